The Bertz CT molecular complexity index is 440. The first kappa shape index (κ1) is 15.3. The van der Waals surface area contributed by atoms with Crippen LogP contribution < -0.4 is 0 Å². The van der Waals surface area contributed by atoms with Crippen LogP contribution in [0.15, 0.2) is 34.1 Å². The van der Waals surface area contributed by atoms with E-state index < -0.39 is 54.5 Å². The first-order valence-corrected chi connectivity index (χ1v) is 7.68. The molecule has 0 heterocycles. The van der Waals surface area contributed by atoms with Gasteiger partial charge in [-0.15, -0.1) is 0 Å². The summed E-state index contributed by atoms with van der Waals surface area (Å²) in [5, 5.41) is 0. The second-order valence-corrected chi connectivity index (χ2v) is 8.23. The van der Waals surface area contributed by atoms with Gasteiger partial charge in [-0.1, -0.05) is 38.9 Å². The maximum absolute atomic E-state index is 12.1. The van der Waals surface area contributed by atoms with Gasteiger partial charge in [0, 0.05) is 0 Å². The van der Waals surface area contributed by atoms with Gasteiger partial charge < -0.3 is 0 Å². The molecule has 0 aliphatic carbocycles. The lowest BCUT2D eigenvalue weighted by Crippen LogP contribution is -2.09. The first-order valence-electron chi connectivity index (χ1n) is 3.77. The van der Waals surface area contributed by atoms with Gasteiger partial charge in [0.05, 0.1) is 0 Å². The van der Waals surface area contributed by atoms with Gasteiger partial charge in [0.15, 0.2) is 0 Å². The van der Waals surface area contributed by atoms with Crippen molar-refractivity contribution in [2.75, 3.05) is 0 Å². The van der Waals surface area contributed by atoms with E-state index in [1.807, 2.05) is 0 Å². The van der Waals surface area contributed by atoms with Gasteiger partial charge in [-0.25, -0.2) is 0 Å². The highest BCUT2D eigenvalue weighted by atomic mass is 32.5. The minimum absolute atomic E-state index is 0.714. The van der Waals surface area contributed by atoms with Crippen LogP contribution >= 0.6 is 20.4 Å². The summed E-state index contributed by atoms with van der Waals surface area (Å²) in [6, 6.07) is -2.85. The van der Waals surface area contributed by atoms with Crippen molar-refractivity contribution in [1.29, 1.82) is 0 Å². The maximum atomic E-state index is 12.1. The lowest BCUT2D eigenvalue weighted by Gasteiger charge is -2.43. The zero-order valence-electron chi connectivity index (χ0n) is 7.91. The van der Waals surface area contributed by atoms with Crippen molar-refractivity contribution in [1.82, 2.24) is 0 Å². The largest absolute Gasteiger partial charge is 0.310 e. The Labute approximate surface area is 94.0 Å². The molecular formula is C6H4F10S2. The third-order valence-corrected chi connectivity index (χ3v) is 4.04. The van der Waals surface area contributed by atoms with Gasteiger partial charge in [0.2, 0.25) is 0 Å². The standard InChI is InChI=1S/C6H4F10S2/c7-17(8,9,10,11)5-1-2-6(4-3-5)18(12,13,14,15)16/h1-4H. The fourth-order valence-electron chi connectivity index (χ4n) is 0.954. The van der Waals surface area contributed by atoms with Crippen molar-refractivity contribution < 1.29 is 38.9 Å². The highest BCUT2D eigenvalue weighted by Crippen LogP contribution is 3.04. The molecule has 0 amide bonds. The van der Waals surface area contributed by atoms with Crippen LogP contribution in [-0.2, 0) is 0 Å². The molecule has 18 heavy (non-hydrogen) atoms. The van der Waals surface area contributed by atoms with Crippen molar-refractivity contribution in [3.8, 4) is 0 Å². The predicted molar refractivity (Wildman–Crippen MR) is 49.2 cm³/mol. The SMILES string of the molecule is FS(F)(F)(F)(F)c1ccc(S(F)(F)(F)(F)F)cc1. The summed E-state index contributed by atoms with van der Waals surface area (Å²) in [6.45, 7) is 0. The Hall–Kier alpha value is -0.780. The number of benzene rings is 1. The average molecular weight is 330 g/mol. The molecule has 1 aromatic carbocycles. The molecule has 0 spiro atoms. The highest BCUT2D eigenvalue weighted by Gasteiger charge is 2.67. The van der Waals surface area contributed by atoms with E-state index in [9.17, 15) is 38.9 Å². The summed E-state index contributed by atoms with van der Waals surface area (Å²) >= 11 is 0. The molecule has 0 radical (unpaired) electrons. The minimum Gasteiger partial charge on any atom is -0.0936 e. The van der Waals surface area contributed by atoms with Crippen LogP contribution in [-0.4, -0.2) is 0 Å². The normalized spacial score (nSPS) is 21.4. The smallest absolute Gasteiger partial charge is 0.0936 e. The second kappa shape index (κ2) is 2.44. The zero-order chi connectivity index (χ0) is 14.8. The number of hydrogen-bond acceptors (Lipinski definition) is 0. The quantitative estimate of drug-likeness (QED) is 0.512. The van der Waals surface area contributed by atoms with Gasteiger partial charge in [-0.3, -0.25) is 0 Å². The van der Waals surface area contributed by atoms with Crippen LogP contribution in [0.5, 0.6) is 0 Å². The van der Waals surface area contributed by atoms with E-state index in [1.165, 1.54) is 0 Å². The van der Waals surface area contributed by atoms with Gasteiger partial charge in [0.25, 0.3) is 0 Å². The lowest BCUT2D eigenvalue weighted by atomic mass is 10.4. The molecule has 1 rings (SSSR count). The number of rotatable bonds is 2. The van der Waals surface area contributed by atoms with E-state index in [0.717, 1.165) is 0 Å². The van der Waals surface area contributed by atoms with E-state index in [-0.39, 0.29) is 0 Å². The van der Waals surface area contributed by atoms with Crippen molar-refractivity contribution in [3.63, 3.8) is 0 Å². The van der Waals surface area contributed by atoms with Gasteiger partial charge in [-0.05, 0) is 24.3 Å². The zero-order valence-corrected chi connectivity index (χ0v) is 9.54. The number of hydrogen-bond donors (Lipinski definition) is 0. The molecule has 1 aromatic rings. The molecule has 0 nitrogen and oxygen atoms in total. The topological polar surface area (TPSA) is 0 Å². The monoisotopic (exact) mass is 330 g/mol. The van der Waals surface area contributed by atoms with Crippen molar-refractivity contribution in [3.05, 3.63) is 24.3 Å². The summed E-state index contributed by atoms with van der Waals surface area (Å²) in [7, 11) is -20.3. The van der Waals surface area contributed by atoms with Crippen LogP contribution in [0.3, 0.4) is 0 Å². The molecule has 12 heteroatoms. The third-order valence-electron chi connectivity index (χ3n) is 1.71. The summed E-state index contributed by atoms with van der Waals surface area (Å²) < 4.78 is 121. The van der Waals surface area contributed by atoms with Crippen LogP contribution in [0.4, 0.5) is 38.9 Å². The minimum atomic E-state index is -10.2. The van der Waals surface area contributed by atoms with Crippen molar-refractivity contribution in [2.45, 2.75) is 9.79 Å². The Morgan fingerprint density at radius 2 is 0.611 bits per heavy atom. The molecule has 0 aromatic heterocycles. The van der Waals surface area contributed by atoms with E-state index in [4.69, 9.17) is 0 Å². The van der Waals surface area contributed by atoms with Crippen LogP contribution in [0.25, 0.3) is 0 Å². The van der Waals surface area contributed by atoms with Crippen molar-refractivity contribution >= 4 is 20.4 Å². The molecule has 0 bridgehead atoms. The molecule has 0 saturated heterocycles. The highest BCUT2D eigenvalue weighted by molar-refractivity contribution is 8.46. The van der Waals surface area contributed by atoms with Gasteiger partial charge in [0.1, 0.15) is 9.79 Å². The summed E-state index contributed by atoms with van der Waals surface area (Å²) in [5.74, 6) is 0. The molecule has 0 unspecified atom stereocenters. The summed E-state index contributed by atoms with van der Waals surface area (Å²) in [4.78, 5) is -5.33. The van der Waals surface area contributed by atoms with Crippen LogP contribution in [0.2, 0.25) is 0 Å². The number of halogens is 10. The Morgan fingerprint density at radius 3 is 0.722 bits per heavy atom. The molecular weight excluding hydrogens is 326 g/mol. The van der Waals surface area contributed by atoms with Crippen LogP contribution in [0.1, 0.15) is 0 Å². The Morgan fingerprint density at radius 1 is 0.444 bits per heavy atom. The lowest BCUT2D eigenvalue weighted by molar-refractivity contribution is 0.356. The molecule has 0 aliphatic rings. The molecule has 0 aliphatic heterocycles. The van der Waals surface area contributed by atoms with Gasteiger partial charge in [-0.2, -0.15) is 0 Å². The Balaban J connectivity index is 3.45. The summed E-state index contributed by atoms with van der Waals surface area (Å²) in [5.41, 5.74) is 0. The van der Waals surface area contributed by atoms with Crippen LogP contribution in [0, 0.1) is 0 Å². The van der Waals surface area contributed by atoms with Gasteiger partial charge >= 0.3 is 20.4 Å². The average Bonchev–Trinajstić information content (AvgIpc) is 1.96. The van der Waals surface area contributed by atoms with E-state index in [0.29, 0.717) is 0 Å². The molecule has 0 saturated carbocycles. The van der Waals surface area contributed by atoms with E-state index in [2.05, 4.69) is 0 Å². The fourth-order valence-corrected chi connectivity index (χ4v) is 2.25. The predicted octanol–water partition coefficient (Wildman–Crippen LogP) is 7.00. The maximum Gasteiger partial charge on any atom is 0.310 e. The third kappa shape index (κ3) is 3.60. The molecule has 0 N–H and O–H groups in total. The Kier molecular flexibility index (Phi) is 2.07. The summed E-state index contributed by atoms with van der Waals surface area (Å²) in [6.07, 6.45) is 0. The second-order valence-electron chi connectivity index (χ2n) is 3.41. The molecule has 0 atom stereocenters. The fraction of sp³-hybridized carbons (Fsp3) is 0. The van der Waals surface area contributed by atoms with Crippen molar-refractivity contribution in [2.24, 2.45) is 0 Å². The van der Waals surface area contributed by atoms with E-state index >= 15 is 0 Å². The first-order chi connectivity index (χ1) is 7.19. The molecule has 0 fully saturated rings. The van der Waals surface area contributed by atoms with E-state index in [1.54, 1.807) is 0 Å². The molecule has 110 valence electrons.